The molecule has 160 valence electrons. The fraction of sp³-hybridized carbons (Fsp3) is 0.143. The summed E-state index contributed by atoms with van der Waals surface area (Å²) in [7, 11) is 0. The van der Waals surface area contributed by atoms with Crippen LogP contribution in [0.15, 0.2) is 72.8 Å². The summed E-state index contributed by atoms with van der Waals surface area (Å²) < 4.78 is 0. The van der Waals surface area contributed by atoms with Crippen LogP contribution in [-0.2, 0) is 25.7 Å². The van der Waals surface area contributed by atoms with Crippen molar-refractivity contribution in [3.8, 4) is 23.0 Å². The van der Waals surface area contributed by atoms with Crippen molar-refractivity contribution in [2.75, 3.05) is 0 Å². The van der Waals surface area contributed by atoms with Crippen molar-refractivity contribution < 1.29 is 71.8 Å². The molecule has 8 bridgehead atoms. The van der Waals surface area contributed by atoms with Crippen LogP contribution in [0.1, 0.15) is 44.5 Å². The van der Waals surface area contributed by atoms with Gasteiger partial charge in [0.05, 0.1) is 0 Å². The third-order valence-electron chi connectivity index (χ3n) is 6.31. The average molecular weight is 463 g/mol. The predicted molar refractivity (Wildman–Crippen MR) is 121 cm³/mol. The first kappa shape index (κ1) is 23.9. The molecule has 0 unspecified atom stereocenters. The van der Waals surface area contributed by atoms with Crippen molar-refractivity contribution in [3.05, 3.63) is 117 Å². The summed E-state index contributed by atoms with van der Waals surface area (Å²) in [5.74, 6) is 0.396. The van der Waals surface area contributed by atoms with Gasteiger partial charge < -0.3 is 20.4 Å². The summed E-state index contributed by atoms with van der Waals surface area (Å²) in [6.07, 6.45) is 1.33. The number of para-hydroxylation sites is 4. The van der Waals surface area contributed by atoms with Crippen LogP contribution < -0.4 is 56.5 Å². The van der Waals surface area contributed by atoms with E-state index in [1.54, 1.807) is 12.1 Å². The molecule has 33 heavy (non-hydrogen) atoms. The SMILES string of the molecule is [K+].[O-]c1c2cccc1Cc1cccc(c1O)Cc1cccc(c1O)Cc1cccc(c1O)C2. The van der Waals surface area contributed by atoms with Gasteiger partial charge in [-0.3, -0.25) is 0 Å². The maximum Gasteiger partial charge on any atom is 1.00 e. The van der Waals surface area contributed by atoms with Gasteiger partial charge in [-0.25, -0.2) is 0 Å². The Kier molecular flexibility index (Phi) is 7.17. The van der Waals surface area contributed by atoms with Crippen molar-refractivity contribution in [3.63, 3.8) is 0 Å². The second-order valence-corrected chi connectivity index (χ2v) is 8.39. The molecule has 0 heterocycles. The molecule has 3 N–H and O–H groups in total. The van der Waals surface area contributed by atoms with Crippen molar-refractivity contribution in [1.29, 1.82) is 0 Å². The molecule has 0 spiro atoms. The molecule has 0 aliphatic heterocycles. The van der Waals surface area contributed by atoms with Crippen LogP contribution in [0.2, 0.25) is 0 Å². The molecule has 4 nitrogen and oxygen atoms in total. The van der Waals surface area contributed by atoms with E-state index in [-0.39, 0.29) is 74.4 Å². The van der Waals surface area contributed by atoms with Gasteiger partial charge in [0.1, 0.15) is 17.2 Å². The number of phenolic OH excluding ortho intramolecular Hbond substituents is 3. The van der Waals surface area contributed by atoms with Gasteiger partial charge in [0.25, 0.3) is 0 Å². The van der Waals surface area contributed by atoms with Gasteiger partial charge in [-0.05, 0) is 33.4 Å². The number of fused-ring (bicyclic) bond motifs is 8. The van der Waals surface area contributed by atoms with Gasteiger partial charge >= 0.3 is 51.4 Å². The van der Waals surface area contributed by atoms with Gasteiger partial charge in [-0.1, -0.05) is 83.9 Å². The van der Waals surface area contributed by atoms with Crippen molar-refractivity contribution in [1.82, 2.24) is 0 Å². The van der Waals surface area contributed by atoms with Crippen molar-refractivity contribution in [2.24, 2.45) is 0 Å². The maximum absolute atomic E-state index is 13.2. The Labute approximate surface area is 235 Å². The Bertz CT molecular complexity index is 1040. The fourth-order valence-corrected chi connectivity index (χ4v) is 4.53. The van der Waals surface area contributed by atoms with Gasteiger partial charge in [-0.2, -0.15) is 0 Å². The summed E-state index contributed by atoms with van der Waals surface area (Å²) in [6.45, 7) is 0. The zero-order valence-corrected chi connectivity index (χ0v) is 21.6. The van der Waals surface area contributed by atoms with E-state index in [4.69, 9.17) is 0 Å². The Hall–Kier alpha value is -2.28. The molecule has 0 radical (unpaired) electrons. The van der Waals surface area contributed by atoms with Crippen molar-refractivity contribution in [2.45, 2.75) is 25.7 Å². The standard InChI is InChI=1S/C28H24O4.K/c29-25-17-5-1-6-18(25)14-20-8-3-10-22(27(20)31)16-24-12-4-11-23(28(24)32)15-21-9-2-7-19(13-17)26(21)30;/h1-12,29-32H,13-16H2;/q;+1/p-1. The number of benzene rings is 4. The normalized spacial score (nSPS) is 12.6. The van der Waals surface area contributed by atoms with Gasteiger partial charge in [0, 0.05) is 25.7 Å². The van der Waals surface area contributed by atoms with E-state index >= 15 is 0 Å². The zero-order chi connectivity index (χ0) is 22.2. The van der Waals surface area contributed by atoms with Gasteiger partial charge in [0.2, 0.25) is 0 Å². The van der Waals surface area contributed by atoms with Crippen LogP contribution in [-0.4, -0.2) is 15.3 Å². The molecule has 0 atom stereocenters. The molecule has 5 heteroatoms. The van der Waals surface area contributed by atoms with Crippen LogP contribution in [0.25, 0.3) is 0 Å². The number of phenols is 3. The largest absolute Gasteiger partial charge is 1.00 e. The fourth-order valence-electron chi connectivity index (χ4n) is 4.53. The molecule has 0 saturated heterocycles. The van der Waals surface area contributed by atoms with Crippen LogP contribution in [0.5, 0.6) is 23.0 Å². The summed E-state index contributed by atoms with van der Waals surface area (Å²) in [6, 6.07) is 22.0. The first-order valence-electron chi connectivity index (χ1n) is 10.7. The van der Waals surface area contributed by atoms with E-state index < -0.39 is 0 Å². The molecule has 0 aromatic heterocycles. The number of hydrogen-bond acceptors (Lipinski definition) is 4. The first-order chi connectivity index (χ1) is 15.5. The van der Waals surface area contributed by atoms with E-state index in [9.17, 15) is 20.4 Å². The molecular weight excluding hydrogens is 439 g/mol. The molecule has 4 aromatic carbocycles. The molecule has 4 aromatic rings. The third kappa shape index (κ3) is 4.70. The topological polar surface area (TPSA) is 83.8 Å². The third-order valence-corrected chi connectivity index (χ3v) is 6.31. The van der Waals surface area contributed by atoms with E-state index in [0.717, 1.165) is 0 Å². The Balaban J connectivity index is 0.00000259. The minimum atomic E-state index is -0.0722. The van der Waals surface area contributed by atoms with Gasteiger partial charge in [-0.15, -0.1) is 5.75 Å². The minimum absolute atomic E-state index is 0. The van der Waals surface area contributed by atoms with E-state index in [2.05, 4.69) is 0 Å². The molecular formula is C28H23KO4. The maximum atomic E-state index is 13.2. The van der Waals surface area contributed by atoms with E-state index in [1.165, 1.54) is 0 Å². The van der Waals surface area contributed by atoms with E-state index in [1.807, 2.05) is 60.7 Å². The van der Waals surface area contributed by atoms with E-state index in [0.29, 0.717) is 70.2 Å². The summed E-state index contributed by atoms with van der Waals surface area (Å²) in [5.41, 5.74) is 5.32. The molecule has 1 aliphatic carbocycles. The van der Waals surface area contributed by atoms with Crippen LogP contribution >= 0.6 is 0 Å². The number of rotatable bonds is 0. The van der Waals surface area contributed by atoms with Crippen molar-refractivity contribution >= 4 is 0 Å². The molecule has 0 fully saturated rings. The Morgan fingerprint density at radius 3 is 0.909 bits per heavy atom. The van der Waals surface area contributed by atoms with Crippen LogP contribution in [0, 0.1) is 0 Å². The Morgan fingerprint density at radius 2 is 0.636 bits per heavy atom. The van der Waals surface area contributed by atoms with Crippen LogP contribution in [0.3, 0.4) is 0 Å². The summed E-state index contributed by atoms with van der Waals surface area (Å²) in [5, 5.41) is 46.0. The smallest absolute Gasteiger partial charge is 0.872 e. The second kappa shape index (κ2) is 9.91. The van der Waals surface area contributed by atoms with Gasteiger partial charge in [0.15, 0.2) is 0 Å². The second-order valence-electron chi connectivity index (χ2n) is 8.39. The summed E-state index contributed by atoms with van der Waals surface area (Å²) in [4.78, 5) is 0. The van der Waals surface area contributed by atoms with Crippen LogP contribution in [0.4, 0.5) is 0 Å². The molecule has 1 aliphatic rings. The molecule has 0 saturated carbocycles. The minimum Gasteiger partial charge on any atom is -0.872 e. The zero-order valence-electron chi connectivity index (χ0n) is 18.5. The summed E-state index contributed by atoms with van der Waals surface area (Å²) >= 11 is 0. The number of aromatic hydroxyl groups is 3. The number of hydrogen-bond donors (Lipinski definition) is 3. The molecule has 5 rings (SSSR count). The predicted octanol–water partition coefficient (Wildman–Crippen LogP) is 1.56. The quantitative estimate of drug-likeness (QED) is 0.305. The Morgan fingerprint density at radius 1 is 0.424 bits per heavy atom. The first-order valence-corrected chi connectivity index (χ1v) is 10.7. The molecule has 0 amide bonds. The monoisotopic (exact) mass is 462 g/mol. The average Bonchev–Trinajstić information content (AvgIpc) is 2.78.